The summed E-state index contributed by atoms with van der Waals surface area (Å²) in [4.78, 5) is 0. The molecule has 14 heavy (non-hydrogen) atoms. The Morgan fingerprint density at radius 2 is 2.07 bits per heavy atom. The lowest BCUT2D eigenvalue weighted by atomic mass is 10.2. The summed E-state index contributed by atoms with van der Waals surface area (Å²) in [7, 11) is 0. The van der Waals surface area contributed by atoms with Gasteiger partial charge in [-0.1, -0.05) is 45.3 Å². The van der Waals surface area contributed by atoms with Gasteiger partial charge >= 0.3 is 0 Å². The second kappa shape index (κ2) is 10.3. The standard InChI is InChI=1S/C12H21NO/c1-3-5-7-8-10-14-12(11-13)9-6-4-2/h7-8,12H,3-6,9-10H2,1-2H3/b8-7+. The molecule has 0 radical (unpaired) electrons. The maximum absolute atomic E-state index is 8.76. The lowest BCUT2D eigenvalue weighted by Crippen LogP contribution is -2.09. The first kappa shape index (κ1) is 13.2. The minimum absolute atomic E-state index is 0.221. The number of nitriles is 1. The molecule has 0 amide bonds. The Kier molecular flexibility index (Phi) is 9.68. The van der Waals surface area contributed by atoms with Crippen molar-refractivity contribution in [1.82, 2.24) is 0 Å². The average Bonchev–Trinajstić information content (AvgIpc) is 2.22. The summed E-state index contributed by atoms with van der Waals surface area (Å²) < 4.78 is 5.39. The molecule has 1 atom stereocenters. The van der Waals surface area contributed by atoms with Gasteiger partial charge in [-0.3, -0.25) is 0 Å². The van der Waals surface area contributed by atoms with Gasteiger partial charge in [-0.15, -0.1) is 0 Å². The van der Waals surface area contributed by atoms with Gasteiger partial charge in [0.2, 0.25) is 0 Å². The topological polar surface area (TPSA) is 33.0 Å². The molecule has 1 unspecified atom stereocenters. The zero-order chi connectivity index (χ0) is 10.6. The van der Waals surface area contributed by atoms with Gasteiger partial charge in [0.15, 0.2) is 0 Å². The van der Waals surface area contributed by atoms with Crippen molar-refractivity contribution in [1.29, 1.82) is 5.26 Å². The molecule has 0 aliphatic carbocycles. The average molecular weight is 195 g/mol. The summed E-state index contributed by atoms with van der Waals surface area (Å²) in [6.45, 7) is 4.84. The molecule has 0 saturated carbocycles. The molecule has 0 aromatic carbocycles. The van der Waals surface area contributed by atoms with Crippen LogP contribution in [0.2, 0.25) is 0 Å². The van der Waals surface area contributed by atoms with Crippen LogP contribution in [0.5, 0.6) is 0 Å². The van der Waals surface area contributed by atoms with E-state index in [2.05, 4.69) is 26.0 Å². The van der Waals surface area contributed by atoms with Crippen LogP contribution in [0.3, 0.4) is 0 Å². The third-order valence-corrected chi connectivity index (χ3v) is 1.98. The van der Waals surface area contributed by atoms with E-state index in [4.69, 9.17) is 10.00 Å². The van der Waals surface area contributed by atoms with Crippen molar-refractivity contribution in [3.8, 4) is 6.07 Å². The summed E-state index contributed by atoms with van der Waals surface area (Å²) in [5.41, 5.74) is 0. The Hall–Kier alpha value is -0.810. The van der Waals surface area contributed by atoms with E-state index in [1.165, 1.54) is 0 Å². The molecule has 2 heteroatoms. The predicted octanol–water partition coefficient (Wildman–Crippen LogP) is 3.44. The van der Waals surface area contributed by atoms with Crippen LogP contribution in [0.25, 0.3) is 0 Å². The third-order valence-electron chi connectivity index (χ3n) is 1.98. The fourth-order valence-electron chi connectivity index (χ4n) is 1.10. The molecule has 0 aromatic rings. The van der Waals surface area contributed by atoms with Crippen LogP contribution in [0.1, 0.15) is 46.0 Å². The van der Waals surface area contributed by atoms with E-state index in [1.54, 1.807) is 0 Å². The lowest BCUT2D eigenvalue weighted by Gasteiger charge is -2.07. The first-order chi connectivity index (χ1) is 6.85. The fraction of sp³-hybridized carbons (Fsp3) is 0.750. The second-order valence-electron chi connectivity index (χ2n) is 3.35. The first-order valence-corrected chi connectivity index (χ1v) is 5.51. The lowest BCUT2D eigenvalue weighted by molar-refractivity contribution is 0.106. The van der Waals surface area contributed by atoms with Crippen molar-refractivity contribution in [2.45, 2.75) is 52.1 Å². The van der Waals surface area contributed by atoms with Crippen molar-refractivity contribution >= 4 is 0 Å². The number of ether oxygens (including phenoxy) is 1. The number of allylic oxidation sites excluding steroid dienone is 1. The number of hydrogen-bond donors (Lipinski definition) is 0. The largest absolute Gasteiger partial charge is 0.359 e. The van der Waals surface area contributed by atoms with E-state index in [1.807, 2.05) is 6.08 Å². The summed E-state index contributed by atoms with van der Waals surface area (Å²) in [6, 6.07) is 2.17. The summed E-state index contributed by atoms with van der Waals surface area (Å²) in [5, 5.41) is 8.76. The van der Waals surface area contributed by atoms with Crippen LogP contribution < -0.4 is 0 Å². The summed E-state index contributed by atoms with van der Waals surface area (Å²) in [6.07, 6.45) is 9.18. The van der Waals surface area contributed by atoms with Crippen LogP contribution in [0.15, 0.2) is 12.2 Å². The molecular weight excluding hydrogens is 174 g/mol. The van der Waals surface area contributed by atoms with Crippen LogP contribution in [0, 0.1) is 11.3 Å². The second-order valence-corrected chi connectivity index (χ2v) is 3.35. The Bertz CT molecular complexity index is 181. The molecule has 0 aliphatic rings. The van der Waals surface area contributed by atoms with Crippen molar-refractivity contribution in [2.75, 3.05) is 6.61 Å². The normalized spacial score (nSPS) is 12.9. The molecule has 0 rings (SSSR count). The summed E-state index contributed by atoms with van der Waals surface area (Å²) >= 11 is 0. The van der Waals surface area contributed by atoms with Crippen LogP contribution in [0.4, 0.5) is 0 Å². The highest BCUT2D eigenvalue weighted by Gasteiger charge is 2.04. The maximum Gasteiger partial charge on any atom is 0.144 e. The molecule has 80 valence electrons. The minimum Gasteiger partial charge on any atom is -0.359 e. The van der Waals surface area contributed by atoms with E-state index >= 15 is 0 Å². The smallest absolute Gasteiger partial charge is 0.144 e. The van der Waals surface area contributed by atoms with Gasteiger partial charge in [-0.25, -0.2) is 0 Å². The SMILES string of the molecule is CCC/C=C/COC(C#N)CCCC. The Labute approximate surface area is 87.6 Å². The van der Waals surface area contributed by atoms with E-state index in [0.29, 0.717) is 6.61 Å². The zero-order valence-electron chi connectivity index (χ0n) is 9.33. The quantitative estimate of drug-likeness (QED) is 0.556. The highest BCUT2D eigenvalue weighted by molar-refractivity contribution is 4.87. The summed E-state index contributed by atoms with van der Waals surface area (Å²) in [5.74, 6) is 0. The van der Waals surface area contributed by atoms with Crippen molar-refractivity contribution in [3.63, 3.8) is 0 Å². The number of hydrogen-bond acceptors (Lipinski definition) is 2. The molecular formula is C12H21NO. The minimum atomic E-state index is -0.221. The van der Waals surface area contributed by atoms with E-state index in [9.17, 15) is 0 Å². The molecule has 0 spiro atoms. The van der Waals surface area contributed by atoms with Gasteiger partial charge in [0, 0.05) is 0 Å². The maximum atomic E-state index is 8.76. The monoisotopic (exact) mass is 195 g/mol. The number of unbranched alkanes of at least 4 members (excludes halogenated alkanes) is 2. The van der Waals surface area contributed by atoms with Gasteiger partial charge in [0.1, 0.15) is 6.10 Å². The molecule has 0 N–H and O–H groups in total. The number of nitrogens with zero attached hydrogens (tertiary/aromatic N) is 1. The van der Waals surface area contributed by atoms with E-state index in [0.717, 1.165) is 32.1 Å². The van der Waals surface area contributed by atoms with E-state index in [-0.39, 0.29) is 6.10 Å². The van der Waals surface area contributed by atoms with Crippen molar-refractivity contribution in [2.24, 2.45) is 0 Å². The van der Waals surface area contributed by atoms with Gasteiger partial charge in [0.25, 0.3) is 0 Å². The van der Waals surface area contributed by atoms with Crippen molar-refractivity contribution in [3.05, 3.63) is 12.2 Å². The Balaban J connectivity index is 3.48. The molecule has 0 heterocycles. The Morgan fingerprint density at radius 3 is 2.64 bits per heavy atom. The van der Waals surface area contributed by atoms with Gasteiger partial charge in [-0.2, -0.15) is 5.26 Å². The molecule has 0 bridgehead atoms. The van der Waals surface area contributed by atoms with Gasteiger partial charge in [0.05, 0.1) is 12.7 Å². The zero-order valence-corrected chi connectivity index (χ0v) is 9.33. The molecule has 2 nitrogen and oxygen atoms in total. The molecule has 0 fully saturated rings. The van der Waals surface area contributed by atoms with Crippen molar-refractivity contribution < 1.29 is 4.74 Å². The van der Waals surface area contributed by atoms with Crippen LogP contribution in [-0.4, -0.2) is 12.7 Å². The van der Waals surface area contributed by atoms with Gasteiger partial charge in [-0.05, 0) is 12.8 Å². The Morgan fingerprint density at radius 1 is 1.29 bits per heavy atom. The predicted molar refractivity (Wildman–Crippen MR) is 58.9 cm³/mol. The highest BCUT2D eigenvalue weighted by atomic mass is 16.5. The van der Waals surface area contributed by atoms with E-state index < -0.39 is 0 Å². The molecule has 0 saturated heterocycles. The van der Waals surface area contributed by atoms with Gasteiger partial charge < -0.3 is 4.74 Å². The first-order valence-electron chi connectivity index (χ1n) is 5.51. The number of rotatable bonds is 8. The molecule has 0 aliphatic heterocycles. The third kappa shape index (κ3) is 7.82. The molecule has 0 aromatic heterocycles. The van der Waals surface area contributed by atoms with Crippen LogP contribution in [-0.2, 0) is 4.74 Å². The van der Waals surface area contributed by atoms with Crippen LogP contribution >= 0.6 is 0 Å². The highest BCUT2D eigenvalue weighted by Crippen LogP contribution is 2.03. The fourth-order valence-corrected chi connectivity index (χ4v) is 1.10.